The number of thiazole rings is 1. The Hall–Kier alpha value is -1.10. The van der Waals surface area contributed by atoms with Crippen LogP contribution >= 0.6 is 22.9 Å². The number of hydrogen-bond donors (Lipinski definition) is 1. The third-order valence-corrected chi connectivity index (χ3v) is 4.95. The molecule has 1 aliphatic carbocycles. The molecule has 5 heteroatoms. The number of aromatic nitrogens is 1. The molecule has 1 heterocycles. The van der Waals surface area contributed by atoms with Crippen molar-refractivity contribution in [2.75, 3.05) is 7.11 Å². The Bertz CT molecular complexity index is 590. The first-order valence-electron chi connectivity index (χ1n) is 6.26. The fourth-order valence-corrected chi connectivity index (χ4v) is 3.81. The molecule has 100 valence electrons. The fourth-order valence-electron chi connectivity index (χ4n) is 2.36. The van der Waals surface area contributed by atoms with Gasteiger partial charge in [0, 0.05) is 4.88 Å². The van der Waals surface area contributed by atoms with Gasteiger partial charge in [-0.15, -0.1) is 11.3 Å². The Kier molecular flexibility index (Phi) is 3.48. The van der Waals surface area contributed by atoms with E-state index in [0.29, 0.717) is 10.8 Å². The van der Waals surface area contributed by atoms with E-state index >= 15 is 0 Å². The molecule has 1 atom stereocenters. The van der Waals surface area contributed by atoms with E-state index in [1.807, 2.05) is 18.2 Å². The maximum absolute atomic E-state index is 6.29. The smallest absolute Gasteiger partial charge is 0.137 e. The fraction of sp³-hybridized carbons (Fsp3) is 0.357. The number of benzene rings is 1. The summed E-state index contributed by atoms with van der Waals surface area (Å²) in [7, 11) is 1.60. The highest BCUT2D eigenvalue weighted by Crippen LogP contribution is 2.34. The molecule has 0 fully saturated rings. The summed E-state index contributed by atoms with van der Waals surface area (Å²) < 4.78 is 5.15. The van der Waals surface area contributed by atoms with Gasteiger partial charge < -0.3 is 10.5 Å². The maximum Gasteiger partial charge on any atom is 0.137 e. The van der Waals surface area contributed by atoms with Crippen LogP contribution in [0.2, 0.25) is 5.02 Å². The van der Waals surface area contributed by atoms with Crippen LogP contribution in [0.3, 0.4) is 0 Å². The van der Waals surface area contributed by atoms with Crippen LogP contribution in [0, 0.1) is 0 Å². The zero-order valence-electron chi connectivity index (χ0n) is 10.6. The van der Waals surface area contributed by atoms with Crippen LogP contribution in [-0.2, 0) is 12.8 Å². The normalized spacial score (nSPS) is 15.3. The van der Waals surface area contributed by atoms with Crippen LogP contribution in [0.4, 0.5) is 0 Å². The van der Waals surface area contributed by atoms with E-state index in [1.54, 1.807) is 18.4 Å². The van der Waals surface area contributed by atoms with Gasteiger partial charge in [-0.25, -0.2) is 4.98 Å². The van der Waals surface area contributed by atoms with E-state index < -0.39 is 0 Å². The average molecular weight is 295 g/mol. The number of ether oxygens (including phenoxy) is 1. The average Bonchev–Trinajstić information content (AvgIpc) is 2.98. The molecule has 1 unspecified atom stereocenters. The van der Waals surface area contributed by atoms with E-state index in [9.17, 15) is 0 Å². The van der Waals surface area contributed by atoms with Crippen LogP contribution < -0.4 is 10.5 Å². The molecule has 0 radical (unpaired) electrons. The van der Waals surface area contributed by atoms with Gasteiger partial charge in [0.25, 0.3) is 0 Å². The molecule has 1 aromatic carbocycles. The lowest BCUT2D eigenvalue weighted by atomic mass is 10.1. The minimum atomic E-state index is -0.209. The molecule has 3 rings (SSSR count). The molecule has 2 aromatic rings. The Morgan fingerprint density at radius 1 is 1.42 bits per heavy atom. The predicted octanol–water partition coefficient (Wildman–Crippen LogP) is 3.34. The largest absolute Gasteiger partial charge is 0.495 e. The van der Waals surface area contributed by atoms with Crippen LogP contribution in [0.25, 0.3) is 0 Å². The zero-order chi connectivity index (χ0) is 13.4. The third-order valence-electron chi connectivity index (χ3n) is 3.41. The van der Waals surface area contributed by atoms with E-state index in [1.165, 1.54) is 17.0 Å². The Labute approximate surface area is 121 Å². The maximum atomic E-state index is 6.29. The van der Waals surface area contributed by atoms with Crippen molar-refractivity contribution in [1.29, 1.82) is 0 Å². The van der Waals surface area contributed by atoms with E-state index in [-0.39, 0.29) is 6.04 Å². The molecule has 1 aromatic heterocycles. The quantitative estimate of drug-likeness (QED) is 0.944. The van der Waals surface area contributed by atoms with E-state index in [2.05, 4.69) is 4.98 Å². The first-order chi connectivity index (χ1) is 9.19. The molecule has 0 saturated heterocycles. The first-order valence-corrected chi connectivity index (χ1v) is 7.46. The highest BCUT2D eigenvalue weighted by molar-refractivity contribution is 7.11. The predicted molar refractivity (Wildman–Crippen MR) is 78.2 cm³/mol. The lowest BCUT2D eigenvalue weighted by Gasteiger charge is -2.11. The highest BCUT2D eigenvalue weighted by atomic mass is 35.5. The topological polar surface area (TPSA) is 48.1 Å². The summed E-state index contributed by atoms with van der Waals surface area (Å²) in [6.07, 6.45) is 3.45. The lowest BCUT2D eigenvalue weighted by Crippen LogP contribution is -2.11. The molecule has 0 saturated carbocycles. The summed E-state index contributed by atoms with van der Waals surface area (Å²) >= 11 is 7.87. The second-order valence-corrected chi connectivity index (χ2v) is 6.17. The summed E-state index contributed by atoms with van der Waals surface area (Å²) in [5, 5.41) is 1.56. The Balaban J connectivity index is 1.90. The number of fused-ring (bicyclic) bond motifs is 1. The molecule has 0 amide bonds. The van der Waals surface area contributed by atoms with Crippen LogP contribution in [0.1, 0.15) is 33.6 Å². The number of rotatable bonds is 3. The van der Waals surface area contributed by atoms with E-state index in [0.717, 1.165) is 23.4 Å². The van der Waals surface area contributed by atoms with Gasteiger partial charge in [0.2, 0.25) is 0 Å². The van der Waals surface area contributed by atoms with Crippen LogP contribution in [-0.4, -0.2) is 12.1 Å². The monoisotopic (exact) mass is 294 g/mol. The third kappa shape index (κ3) is 2.36. The molecule has 19 heavy (non-hydrogen) atoms. The molecule has 3 nitrogen and oxygen atoms in total. The molecule has 0 aliphatic heterocycles. The van der Waals surface area contributed by atoms with Crippen molar-refractivity contribution in [3.8, 4) is 5.75 Å². The van der Waals surface area contributed by atoms with Gasteiger partial charge in [-0.2, -0.15) is 0 Å². The van der Waals surface area contributed by atoms with Crippen molar-refractivity contribution in [3.63, 3.8) is 0 Å². The number of aryl methyl sites for hydroxylation is 2. The number of nitrogens with two attached hydrogens (primary N) is 1. The highest BCUT2D eigenvalue weighted by Gasteiger charge is 2.21. The zero-order valence-corrected chi connectivity index (χ0v) is 12.2. The van der Waals surface area contributed by atoms with Gasteiger partial charge in [0.05, 0.1) is 23.9 Å². The molecule has 0 spiro atoms. The van der Waals surface area contributed by atoms with Crippen LogP contribution in [0.5, 0.6) is 5.75 Å². The van der Waals surface area contributed by atoms with Crippen molar-refractivity contribution in [2.24, 2.45) is 5.73 Å². The van der Waals surface area contributed by atoms with Crippen molar-refractivity contribution < 1.29 is 4.74 Å². The summed E-state index contributed by atoms with van der Waals surface area (Å²) in [4.78, 5) is 6.05. The minimum Gasteiger partial charge on any atom is -0.495 e. The van der Waals surface area contributed by atoms with Crippen molar-refractivity contribution >= 4 is 22.9 Å². The summed E-state index contributed by atoms with van der Waals surface area (Å²) in [5.41, 5.74) is 8.49. The van der Waals surface area contributed by atoms with Crippen molar-refractivity contribution in [1.82, 2.24) is 4.98 Å². The first kappa shape index (κ1) is 12.9. The minimum absolute atomic E-state index is 0.209. The number of hydrogen-bond acceptors (Lipinski definition) is 4. The second kappa shape index (κ2) is 5.12. The summed E-state index contributed by atoms with van der Waals surface area (Å²) in [5.74, 6) is 0.666. The van der Waals surface area contributed by atoms with Crippen molar-refractivity contribution in [2.45, 2.75) is 25.3 Å². The summed E-state index contributed by atoms with van der Waals surface area (Å²) in [6, 6.07) is 5.44. The molecule has 2 N–H and O–H groups in total. The van der Waals surface area contributed by atoms with E-state index in [4.69, 9.17) is 22.1 Å². The Morgan fingerprint density at radius 2 is 2.26 bits per heavy atom. The van der Waals surface area contributed by atoms with Gasteiger partial charge in [0.15, 0.2) is 0 Å². The molecule has 1 aliphatic rings. The molecular weight excluding hydrogens is 280 g/mol. The number of methoxy groups -OCH3 is 1. The number of nitrogens with zero attached hydrogens (tertiary/aromatic N) is 1. The van der Waals surface area contributed by atoms with Crippen molar-refractivity contribution in [3.05, 3.63) is 44.4 Å². The Morgan fingerprint density at radius 3 is 2.95 bits per heavy atom. The SMILES string of the molecule is COc1ccc(C(N)c2nc3c(s2)CCC3)cc1Cl. The van der Waals surface area contributed by atoms with Gasteiger partial charge in [-0.1, -0.05) is 17.7 Å². The second-order valence-electron chi connectivity index (χ2n) is 4.65. The standard InChI is InChI=1S/C14H15ClN2OS/c1-18-11-6-5-8(7-9(11)15)13(16)14-17-10-3-2-4-12(10)19-14/h5-7,13H,2-4,16H2,1H3. The molecule has 0 bridgehead atoms. The van der Waals surface area contributed by atoms with Gasteiger partial charge in [0.1, 0.15) is 10.8 Å². The van der Waals surface area contributed by atoms with Gasteiger partial charge in [-0.3, -0.25) is 0 Å². The molecular formula is C14H15ClN2OS. The van der Waals surface area contributed by atoms with Crippen LogP contribution in [0.15, 0.2) is 18.2 Å². The van der Waals surface area contributed by atoms with Gasteiger partial charge in [-0.05, 0) is 37.0 Å². The van der Waals surface area contributed by atoms with Gasteiger partial charge >= 0.3 is 0 Å². The number of halogens is 1. The lowest BCUT2D eigenvalue weighted by molar-refractivity contribution is 0.415. The summed E-state index contributed by atoms with van der Waals surface area (Å²) in [6.45, 7) is 0.